The Balaban J connectivity index is 1.80. The highest BCUT2D eigenvalue weighted by Gasteiger charge is 2.29. The maximum Gasteiger partial charge on any atom is 0.162 e. The molecule has 1 N–H and O–H groups in total. The molecular weight excluding hydrogens is 200 g/mol. The molecule has 0 saturated carbocycles. The van der Waals surface area contributed by atoms with Gasteiger partial charge in [0.2, 0.25) is 0 Å². The van der Waals surface area contributed by atoms with Gasteiger partial charge < -0.3 is 9.84 Å². The van der Waals surface area contributed by atoms with Gasteiger partial charge in [-0.25, -0.2) is 0 Å². The second-order valence-electron chi connectivity index (χ2n) is 4.96. The third-order valence-electron chi connectivity index (χ3n) is 3.78. The lowest BCUT2D eigenvalue weighted by Crippen LogP contribution is -2.42. The molecule has 1 aliphatic heterocycles. The van der Waals surface area contributed by atoms with Gasteiger partial charge in [0.25, 0.3) is 0 Å². The van der Waals surface area contributed by atoms with E-state index in [0.29, 0.717) is 6.04 Å². The maximum absolute atomic E-state index is 5.34. The Morgan fingerprint density at radius 1 is 1.50 bits per heavy atom. The lowest BCUT2D eigenvalue weighted by atomic mass is 9.79. The van der Waals surface area contributed by atoms with Crippen LogP contribution in [0.15, 0.2) is 16.7 Å². The third kappa shape index (κ3) is 1.80. The minimum absolute atomic E-state index is 0.652. The number of piperidine rings is 1. The monoisotopic (exact) mass is 218 g/mol. The lowest BCUT2D eigenvalue weighted by molar-refractivity contribution is 0.275. The van der Waals surface area contributed by atoms with Crippen molar-refractivity contribution >= 4 is 5.57 Å². The largest absolute Gasteiger partial charge is 0.356 e. The van der Waals surface area contributed by atoms with Gasteiger partial charge in [0.15, 0.2) is 5.76 Å². The van der Waals surface area contributed by atoms with Crippen molar-refractivity contribution in [2.45, 2.75) is 38.6 Å². The maximum atomic E-state index is 5.34. The number of hydrogen-bond acceptors (Lipinski definition) is 3. The minimum Gasteiger partial charge on any atom is -0.356 e. The number of aryl methyl sites for hydroxylation is 1. The summed E-state index contributed by atoms with van der Waals surface area (Å²) in [7, 11) is 0. The van der Waals surface area contributed by atoms with Gasteiger partial charge in [-0.1, -0.05) is 11.2 Å². The van der Waals surface area contributed by atoms with Crippen molar-refractivity contribution in [3.63, 3.8) is 0 Å². The number of rotatable bonds is 1. The van der Waals surface area contributed by atoms with Gasteiger partial charge in [0, 0.05) is 12.1 Å². The first-order valence-electron chi connectivity index (χ1n) is 6.19. The molecule has 1 saturated heterocycles. The molecule has 2 unspecified atom stereocenters. The van der Waals surface area contributed by atoms with E-state index in [0.717, 1.165) is 23.8 Å². The molecule has 1 aliphatic carbocycles. The smallest absolute Gasteiger partial charge is 0.162 e. The Morgan fingerprint density at radius 2 is 2.44 bits per heavy atom. The first kappa shape index (κ1) is 10.1. The fourth-order valence-corrected chi connectivity index (χ4v) is 2.87. The molecule has 2 heterocycles. The minimum atomic E-state index is 0.652. The Bertz CT molecular complexity index is 408. The molecule has 2 aliphatic rings. The normalized spacial score (nSPS) is 29.7. The molecule has 16 heavy (non-hydrogen) atoms. The summed E-state index contributed by atoms with van der Waals surface area (Å²) in [4.78, 5) is 0. The second kappa shape index (κ2) is 4.06. The van der Waals surface area contributed by atoms with Gasteiger partial charge in [-0.05, 0) is 50.6 Å². The van der Waals surface area contributed by atoms with E-state index in [2.05, 4.69) is 16.5 Å². The van der Waals surface area contributed by atoms with E-state index in [9.17, 15) is 0 Å². The highest BCUT2D eigenvalue weighted by Crippen LogP contribution is 2.34. The van der Waals surface area contributed by atoms with Crippen LogP contribution in [0.4, 0.5) is 0 Å². The van der Waals surface area contributed by atoms with Crippen LogP contribution >= 0.6 is 0 Å². The van der Waals surface area contributed by atoms with E-state index in [1.54, 1.807) is 0 Å². The quantitative estimate of drug-likeness (QED) is 0.787. The molecular formula is C13H18N2O. The van der Waals surface area contributed by atoms with E-state index in [4.69, 9.17) is 4.52 Å². The van der Waals surface area contributed by atoms with Crippen molar-refractivity contribution in [1.29, 1.82) is 0 Å². The molecule has 1 fully saturated rings. The fourth-order valence-electron chi connectivity index (χ4n) is 2.87. The summed E-state index contributed by atoms with van der Waals surface area (Å²) >= 11 is 0. The topological polar surface area (TPSA) is 38.1 Å². The average molecular weight is 218 g/mol. The van der Waals surface area contributed by atoms with Gasteiger partial charge in [0.1, 0.15) is 0 Å². The molecule has 1 aromatic rings. The fraction of sp³-hybridized carbons (Fsp3) is 0.615. The van der Waals surface area contributed by atoms with E-state index in [-0.39, 0.29) is 0 Å². The zero-order chi connectivity index (χ0) is 11.0. The van der Waals surface area contributed by atoms with Crippen molar-refractivity contribution in [3.8, 4) is 0 Å². The summed E-state index contributed by atoms with van der Waals surface area (Å²) < 4.78 is 5.34. The van der Waals surface area contributed by atoms with Crippen LogP contribution in [0.5, 0.6) is 0 Å². The molecule has 86 valence electrons. The van der Waals surface area contributed by atoms with E-state index in [1.165, 1.54) is 31.4 Å². The van der Waals surface area contributed by atoms with Gasteiger partial charge in [0.05, 0.1) is 5.69 Å². The van der Waals surface area contributed by atoms with Crippen LogP contribution in [0.1, 0.15) is 37.1 Å². The number of aromatic nitrogens is 1. The predicted octanol–water partition coefficient (Wildman–Crippen LogP) is 2.53. The van der Waals surface area contributed by atoms with Gasteiger partial charge in [-0.3, -0.25) is 0 Å². The molecule has 0 amide bonds. The first-order valence-corrected chi connectivity index (χ1v) is 6.19. The highest BCUT2D eigenvalue weighted by molar-refractivity contribution is 5.63. The van der Waals surface area contributed by atoms with Crippen LogP contribution in [-0.2, 0) is 0 Å². The van der Waals surface area contributed by atoms with Crippen LogP contribution in [0.25, 0.3) is 5.57 Å². The molecule has 3 rings (SSSR count). The number of hydrogen-bond donors (Lipinski definition) is 1. The summed E-state index contributed by atoms with van der Waals surface area (Å²) in [5, 5.41) is 7.58. The molecule has 0 spiro atoms. The highest BCUT2D eigenvalue weighted by atomic mass is 16.5. The van der Waals surface area contributed by atoms with Gasteiger partial charge in [-0.2, -0.15) is 0 Å². The summed E-state index contributed by atoms with van der Waals surface area (Å²) in [6.45, 7) is 3.14. The van der Waals surface area contributed by atoms with Gasteiger partial charge in [-0.15, -0.1) is 0 Å². The van der Waals surface area contributed by atoms with Crippen LogP contribution in [0.3, 0.4) is 0 Å². The van der Waals surface area contributed by atoms with Crippen molar-refractivity contribution < 1.29 is 4.52 Å². The van der Waals surface area contributed by atoms with Crippen molar-refractivity contribution in [3.05, 3.63) is 23.6 Å². The number of allylic oxidation sites excluding steroid dienone is 1. The van der Waals surface area contributed by atoms with Crippen LogP contribution in [0, 0.1) is 12.8 Å². The standard InChI is InChI=1S/C13H18N2O/c1-9-7-13(16-15-9)11-5-4-10-3-2-6-14-12(10)8-11/h5,7,10,12,14H,2-4,6,8H2,1H3. The van der Waals surface area contributed by atoms with E-state index in [1.807, 2.05) is 13.0 Å². The second-order valence-corrected chi connectivity index (χ2v) is 4.96. The van der Waals surface area contributed by atoms with Crippen LogP contribution in [-0.4, -0.2) is 17.7 Å². The number of nitrogens with one attached hydrogen (secondary N) is 1. The zero-order valence-electron chi connectivity index (χ0n) is 9.70. The van der Waals surface area contributed by atoms with Crippen molar-refractivity contribution in [2.24, 2.45) is 5.92 Å². The first-order chi connectivity index (χ1) is 7.83. The van der Waals surface area contributed by atoms with Crippen LogP contribution < -0.4 is 5.32 Å². The molecule has 1 aromatic heterocycles. The van der Waals surface area contributed by atoms with Crippen molar-refractivity contribution in [1.82, 2.24) is 10.5 Å². The molecule has 3 nitrogen and oxygen atoms in total. The lowest BCUT2D eigenvalue weighted by Gasteiger charge is -2.35. The summed E-state index contributed by atoms with van der Waals surface area (Å²) in [5.41, 5.74) is 2.30. The summed E-state index contributed by atoms with van der Waals surface area (Å²) in [6, 6.07) is 2.69. The third-order valence-corrected chi connectivity index (χ3v) is 3.78. The Morgan fingerprint density at radius 3 is 3.25 bits per heavy atom. The SMILES string of the molecule is Cc1cc(C2=CCC3CCCNC3C2)on1. The van der Waals surface area contributed by atoms with E-state index >= 15 is 0 Å². The summed E-state index contributed by atoms with van der Waals surface area (Å²) in [6.07, 6.45) is 7.32. The summed E-state index contributed by atoms with van der Waals surface area (Å²) in [5.74, 6) is 1.80. The zero-order valence-corrected chi connectivity index (χ0v) is 9.70. The molecule has 0 radical (unpaired) electrons. The number of fused-ring (bicyclic) bond motifs is 1. The average Bonchev–Trinajstić information content (AvgIpc) is 2.75. The molecule has 0 aromatic carbocycles. The Hall–Kier alpha value is -1.09. The van der Waals surface area contributed by atoms with E-state index < -0.39 is 0 Å². The molecule has 3 heteroatoms. The molecule has 0 bridgehead atoms. The molecule has 2 atom stereocenters. The Labute approximate surface area is 95.9 Å². The van der Waals surface area contributed by atoms with Gasteiger partial charge >= 0.3 is 0 Å². The van der Waals surface area contributed by atoms with Crippen molar-refractivity contribution in [2.75, 3.05) is 6.54 Å². The predicted molar refractivity (Wildman–Crippen MR) is 63.0 cm³/mol. The Kier molecular flexibility index (Phi) is 2.56. The number of nitrogens with zero attached hydrogens (tertiary/aromatic N) is 1. The van der Waals surface area contributed by atoms with Crippen LogP contribution in [0.2, 0.25) is 0 Å².